The number of halogens is 1. The molecule has 6 nitrogen and oxygen atoms in total. The van der Waals surface area contributed by atoms with Crippen molar-refractivity contribution in [2.75, 3.05) is 33.4 Å². The number of aliphatic imine (C=N–C) groups is 1. The molecule has 0 bridgehead atoms. The van der Waals surface area contributed by atoms with E-state index in [1.54, 1.807) is 7.11 Å². The Hall–Kier alpha value is -0.830. The fraction of sp³-hybridized carbons (Fsp3) is 0.778. The molecule has 1 aromatic rings. The van der Waals surface area contributed by atoms with E-state index in [1.807, 2.05) is 4.68 Å². The molecule has 1 aromatic heterocycles. The van der Waals surface area contributed by atoms with Crippen molar-refractivity contribution in [3.8, 4) is 0 Å². The first kappa shape index (κ1) is 22.2. The van der Waals surface area contributed by atoms with Gasteiger partial charge in [-0.2, -0.15) is 5.10 Å². The Kier molecular flexibility index (Phi) is 9.78. The van der Waals surface area contributed by atoms with Crippen molar-refractivity contribution >= 4 is 29.9 Å². The zero-order chi connectivity index (χ0) is 17.5. The monoisotopic (exact) mass is 463 g/mol. The van der Waals surface area contributed by atoms with Gasteiger partial charge in [-0.25, -0.2) is 4.99 Å². The van der Waals surface area contributed by atoms with E-state index in [9.17, 15) is 0 Å². The first-order valence-corrected chi connectivity index (χ1v) is 9.11. The number of nitrogens with one attached hydrogen (secondary N) is 1. The summed E-state index contributed by atoms with van der Waals surface area (Å²) in [6.45, 7) is 13.9. The average molecular weight is 463 g/mol. The highest BCUT2D eigenvalue weighted by Gasteiger charge is 2.19. The third-order valence-corrected chi connectivity index (χ3v) is 4.72. The van der Waals surface area contributed by atoms with Crippen LogP contribution in [0.3, 0.4) is 0 Å². The Morgan fingerprint density at radius 3 is 2.80 bits per heavy atom. The molecule has 0 amide bonds. The van der Waals surface area contributed by atoms with E-state index in [-0.39, 0.29) is 24.0 Å². The lowest BCUT2D eigenvalue weighted by Crippen LogP contribution is -2.46. The number of hydrogen-bond donors (Lipinski definition) is 1. The molecule has 7 heteroatoms. The predicted molar refractivity (Wildman–Crippen MR) is 114 cm³/mol. The van der Waals surface area contributed by atoms with Gasteiger partial charge in [0.25, 0.3) is 0 Å². The molecule has 0 aliphatic carbocycles. The Labute approximate surface area is 169 Å². The summed E-state index contributed by atoms with van der Waals surface area (Å²) in [6, 6.07) is 0. The van der Waals surface area contributed by atoms with Crippen LogP contribution in [0.15, 0.2) is 4.99 Å². The van der Waals surface area contributed by atoms with E-state index in [1.165, 1.54) is 24.1 Å². The highest BCUT2D eigenvalue weighted by molar-refractivity contribution is 14.0. The van der Waals surface area contributed by atoms with E-state index in [2.05, 4.69) is 43.0 Å². The van der Waals surface area contributed by atoms with Crippen molar-refractivity contribution in [3.63, 3.8) is 0 Å². The Morgan fingerprint density at radius 1 is 1.40 bits per heavy atom. The van der Waals surface area contributed by atoms with E-state index < -0.39 is 0 Å². The van der Waals surface area contributed by atoms with Crippen LogP contribution in [0.1, 0.15) is 43.6 Å². The maximum absolute atomic E-state index is 5.16. The van der Waals surface area contributed by atoms with Crippen molar-refractivity contribution in [2.24, 2.45) is 10.9 Å². The first-order chi connectivity index (χ1) is 11.6. The molecular formula is C18H34IN5O. The summed E-state index contributed by atoms with van der Waals surface area (Å²) in [6.07, 6.45) is 2.57. The normalized spacial score (nSPS) is 18.2. The molecule has 1 aliphatic heterocycles. The lowest BCUT2D eigenvalue weighted by molar-refractivity contribution is 0.182. The van der Waals surface area contributed by atoms with Crippen molar-refractivity contribution in [2.45, 2.75) is 53.6 Å². The van der Waals surface area contributed by atoms with Gasteiger partial charge in [0.15, 0.2) is 5.96 Å². The first-order valence-electron chi connectivity index (χ1n) is 9.11. The Balaban J connectivity index is 0.00000312. The minimum atomic E-state index is 0. The quantitative estimate of drug-likeness (QED) is 0.401. The highest BCUT2D eigenvalue weighted by Crippen LogP contribution is 2.17. The summed E-state index contributed by atoms with van der Waals surface area (Å²) < 4.78 is 7.19. The molecule has 0 aromatic carbocycles. The van der Waals surface area contributed by atoms with E-state index >= 15 is 0 Å². The van der Waals surface area contributed by atoms with Crippen LogP contribution >= 0.6 is 24.0 Å². The lowest BCUT2D eigenvalue weighted by atomic mass is 10.0. The lowest BCUT2D eigenvalue weighted by Gasteiger charge is -2.33. The fourth-order valence-electron chi connectivity index (χ4n) is 3.32. The fourth-order valence-corrected chi connectivity index (χ4v) is 3.32. The molecule has 1 unspecified atom stereocenters. The van der Waals surface area contributed by atoms with Gasteiger partial charge in [-0.3, -0.25) is 4.68 Å². The molecule has 0 radical (unpaired) electrons. The minimum Gasteiger partial charge on any atom is -0.383 e. The van der Waals surface area contributed by atoms with Gasteiger partial charge in [-0.05, 0) is 39.5 Å². The second-order valence-corrected chi connectivity index (χ2v) is 6.73. The molecule has 1 fully saturated rings. The molecule has 144 valence electrons. The van der Waals surface area contributed by atoms with Crippen LogP contribution in [0, 0.1) is 19.8 Å². The SMILES string of the molecule is CCNC(=NCc1c(C)nn(CCOC)c1C)N1CCCC(C)C1.I. The minimum absolute atomic E-state index is 0. The number of hydrogen-bond acceptors (Lipinski definition) is 3. The van der Waals surface area contributed by atoms with Gasteiger partial charge in [0.1, 0.15) is 0 Å². The molecule has 0 spiro atoms. The molecule has 1 atom stereocenters. The topological polar surface area (TPSA) is 54.7 Å². The predicted octanol–water partition coefficient (Wildman–Crippen LogP) is 2.96. The summed E-state index contributed by atoms with van der Waals surface area (Å²) in [5, 5.41) is 8.08. The Bertz CT molecular complexity index is 558. The number of aromatic nitrogens is 2. The standard InChI is InChI=1S/C18H33N5O.HI/c1-6-19-18(22-9-7-8-14(2)13-22)20-12-17-15(3)21-23(16(17)4)10-11-24-5;/h14H,6-13H2,1-5H3,(H,19,20);1H. The summed E-state index contributed by atoms with van der Waals surface area (Å²) in [5.74, 6) is 1.77. The largest absolute Gasteiger partial charge is 0.383 e. The smallest absolute Gasteiger partial charge is 0.194 e. The number of guanidine groups is 1. The third kappa shape index (κ3) is 6.13. The molecule has 1 aliphatic rings. The van der Waals surface area contributed by atoms with E-state index in [4.69, 9.17) is 9.73 Å². The van der Waals surface area contributed by atoms with Crippen molar-refractivity contribution in [1.29, 1.82) is 0 Å². The third-order valence-electron chi connectivity index (χ3n) is 4.72. The van der Waals surface area contributed by atoms with Crippen molar-refractivity contribution in [1.82, 2.24) is 20.0 Å². The van der Waals surface area contributed by atoms with Crippen LogP contribution in [0.25, 0.3) is 0 Å². The van der Waals surface area contributed by atoms with Gasteiger partial charge >= 0.3 is 0 Å². The molecule has 2 rings (SSSR count). The van der Waals surface area contributed by atoms with Crippen LogP contribution in [0.5, 0.6) is 0 Å². The van der Waals surface area contributed by atoms with E-state index in [0.29, 0.717) is 13.2 Å². The second kappa shape index (κ2) is 11.0. The summed E-state index contributed by atoms with van der Waals surface area (Å²) in [5.41, 5.74) is 3.48. The molecule has 1 N–H and O–H groups in total. The maximum atomic E-state index is 5.16. The summed E-state index contributed by atoms with van der Waals surface area (Å²) >= 11 is 0. The zero-order valence-electron chi connectivity index (χ0n) is 16.3. The molecule has 2 heterocycles. The van der Waals surface area contributed by atoms with Gasteiger partial charge in [0, 0.05) is 38.0 Å². The summed E-state index contributed by atoms with van der Waals surface area (Å²) in [7, 11) is 1.72. The molecule has 25 heavy (non-hydrogen) atoms. The van der Waals surface area contributed by atoms with E-state index in [0.717, 1.165) is 43.8 Å². The van der Waals surface area contributed by atoms with Gasteiger partial charge in [0.2, 0.25) is 0 Å². The van der Waals surface area contributed by atoms with Crippen LogP contribution in [-0.2, 0) is 17.8 Å². The number of ether oxygens (including phenoxy) is 1. The molecule has 1 saturated heterocycles. The van der Waals surface area contributed by atoms with Crippen molar-refractivity contribution < 1.29 is 4.74 Å². The summed E-state index contributed by atoms with van der Waals surface area (Å²) in [4.78, 5) is 7.30. The number of likely N-dealkylation sites (tertiary alicyclic amines) is 1. The van der Waals surface area contributed by atoms with Crippen LogP contribution in [0.2, 0.25) is 0 Å². The number of methoxy groups -OCH3 is 1. The molecule has 0 saturated carbocycles. The highest BCUT2D eigenvalue weighted by atomic mass is 127. The maximum Gasteiger partial charge on any atom is 0.194 e. The second-order valence-electron chi connectivity index (χ2n) is 6.73. The average Bonchev–Trinajstić information content (AvgIpc) is 2.83. The number of aryl methyl sites for hydroxylation is 1. The van der Waals surface area contributed by atoms with Crippen molar-refractivity contribution in [3.05, 3.63) is 17.0 Å². The number of rotatable bonds is 6. The van der Waals surface area contributed by atoms with Gasteiger partial charge in [-0.15, -0.1) is 24.0 Å². The van der Waals surface area contributed by atoms with Gasteiger partial charge in [0.05, 0.1) is 25.4 Å². The van der Waals surface area contributed by atoms with Crippen LogP contribution in [0.4, 0.5) is 0 Å². The van der Waals surface area contributed by atoms with Crippen LogP contribution < -0.4 is 5.32 Å². The van der Waals surface area contributed by atoms with Gasteiger partial charge in [-0.1, -0.05) is 6.92 Å². The molecular weight excluding hydrogens is 429 g/mol. The Morgan fingerprint density at radius 2 is 2.16 bits per heavy atom. The van der Waals surface area contributed by atoms with Crippen LogP contribution in [-0.4, -0.2) is 54.0 Å². The number of nitrogens with zero attached hydrogens (tertiary/aromatic N) is 4. The number of piperidine rings is 1. The zero-order valence-corrected chi connectivity index (χ0v) is 18.7. The van der Waals surface area contributed by atoms with Gasteiger partial charge < -0.3 is 15.0 Å².